The van der Waals surface area contributed by atoms with Gasteiger partial charge in [-0.3, -0.25) is 4.79 Å². The molecular formula is C17H19NO5. The maximum Gasteiger partial charge on any atom is 0.371 e. The zero-order valence-corrected chi connectivity index (χ0v) is 13.3. The summed E-state index contributed by atoms with van der Waals surface area (Å²) in [4.78, 5) is 23.0. The third-order valence-electron chi connectivity index (χ3n) is 3.18. The van der Waals surface area contributed by atoms with Gasteiger partial charge in [0.1, 0.15) is 11.5 Å². The van der Waals surface area contributed by atoms with Gasteiger partial charge in [-0.15, -0.1) is 0 Å². The van der Waals surface area contributed by atoms with Crippen molar-refractivity contribution in [1.82, 2.24) is 0 Å². The third-order valence-corrected chi connectivity index (χ3v) is 3.18. The molecule has 2 aromatic rings. The van der Waals surface area contributed by atoms with Gasteiger partial charge < -0.3 is 19.6 Å². The Morgan fingerprint density at radius 2 is 2.00 bits per heavy atom. The lowest BCUT2D eigenvalue weighted by Gasteiger charge is -2.12. The molecule has 0 spiro atoms. The molecule has 122 valence electrons. The minimum atomic E-state index is -1.14. The van der Waals surface area contributed by atoms with Crippen LogP contribution in [0.5, 0.6) is 5.75 Å². The van der Waals surface area contributed by atoms with Crippen molar-refractivity contribution >= 4 is 17.6 Å². The highest BCUT2D eigenvalue weighted by Crippen LogP contribution is 2.33. The average Bonchev–Trinajstić information content (AvgIpc) is 2.96. The summed E-state index contributed by atoms with van der Waals surface area (Å²) in [7, 11) is 1.53. The van der Waals surface area contributed by atoms with Gasteiger partial charge in [0, 0.05) is 18.1 Å². The lowest BCUT2D eigenvalue weighted by Crippen LogP contribution is -2.14. The Morgan fingerprint density at radius 3 is 2.57 bits per heavy atom. The first-order chi connectivity index (χ1) is 10.9. The van der Waals surface area contributed by atoms with Crippen LogP contribution in [0.15, 0.2) is 34.7 Å². The van der Waals surface area contributed by atoms with E-state index >= 15 is 0 Å². The van der Waals surface area contributed by atoms with E-state index in [1.165, 1.54) is 13.2 Å². The van der Waals surface area contributed by atoms with Crippen molar-refractivity contribution in [2.45, 2.75) is 20.3 Å². The monoisotopic (exact) mass is 317 g/mol. The summed E-state index contributed by atoms with van der Waals surface area (Å²) in [6.07, 6.45) is 0.384. The van der Waals surface area contributed by atoms with Crippen LogP contribution in [0, 0.1) is 5.92 Å². The summed E-state index contributed by atoms with van der Waals surface area (Å²) in [6.45, 7) is 3.91. The summed E-state index contributed by atoms with van der Waals surface area (Å²) in [5.41, 5.74) is 1.11. The molecule has 2 rings (SSSR count). The SMILES string of the molecule is COc1ccc(-c2ccc(C(=O)O)o2)c(NC(=O)CC(C)C)c1. The summed E-state index contributed by atoms with van der Waals surface area (Å²) >= 11 is 0. The fourth-order valence-electron chi connectivity index (χ4n) is 2.14. The van der Waals surface area contributed by atoms with Gasteiger partial charge in [0.25, 0.3) is 0 Å². The van der Waals surface area contributed by atoms with Gasteiger partial charge in [0.15, 0.2) is 0 Å². The van der Waals surface area contributed by atoms with E-state index in [1.54, 1.807) is 24.3 Å². The van der Waals surface area contributed by atoms with Crippen molar-refractivity contribution in [1.29, 1.82) is 0 Å². The Hall–Kier alpha value is -2.76. The molecule has 0 radical (unpaired) electrons. The van der Waals surface area contributed by atoms with Crippen LogP contribution < -0.4 is 10.1 Å². The first-order valence-corrected chi connectivity index (χ1v) is 7.22. The number of carboxylic acid groups (broad SMARTS) is 1. The predicted octanol–water partition coefficient (Wildman–Crippen LogP) is 3.64. The highest BCUT2D eigenvalue weighted by atomic mass is 16.5. The van der Waals surface area contributed by atoms with Crippen LogP contribution in [-0.4, -0.2) is 24.1 Å². The second-order valence-electron chi connectivity index (χ2n) is 5.53. The van der Waals surface area contributed by atoms with Crippen molar-refractivity contribution in [3.8, 4) is 17.1 Å². The third kappa shape index (κ3) is 4.12. The maximum absolute atomic E-state index is 12.0. The molecule has 0 saturated carbocycles. The number of ether oxygens (including phenoxy) is 1. The Labute approximate surface area is 134 Å². The summed E-state index contributed by atoms with van der Waals surface area (Å²) < 4.78 is 10.5. The molecule has 2 N–H and O–H groups in total. The molecule has 0 aliphatic carbocycles. The van der Waals surface area contributed by atoms with Crippen molar-refractivity contribution in [2.24, 2.45) is 5.92 Å². The number of anilines is 1. The molecule has 0 saturated heterocycles. The molecule has 1 heterocycles. The minimum Gasteiger partial charge on any atom is -0.497 e. The van der Waals surface area contributed by atoms with E-state index < -0.39 is 5.97 Å². The van der Waals surface area contributed by atoms with Crippen molar-refractivity contribution < 1.29 is 23.8 Å². The molecule has 1 amide bonds. The van der Waals surface area contributed by atoms with Gasteiger partial charge in [0.2, 0.25) is 11.7 Å². The number of methoxy groups -OCH3 is 1. The topological polar surface area (TPSA) is 88.8 Å². The second-order valence-corrected chi connectivity index (χ2v) is 5.53. The van der Waals surface area contributed by atoms with E-state index in [-0.39, 0.29) is 17.6 Å². The van der Waals surface area contributed by atoms with Crippen LogP contribution >= 0.6 is 0 Å². The lowest BCUT2D eigenvalue weighted by molar-refractivity contribution is -0.116. The van der Waals surface area contributed by atoms with E-state index in [2.05, 4.69) is 5.32 Å². The fourth-order valence-corrected chi connectivity index (χ4v) is 2.14. The number of carboxylic acids is 1. The first kappa shape index (κ1) is 16.6. The summed E-state index contributed by atoms with van der Waals surface area (Å²) in [5.74, 6) is -0.250. The van der Waals surface area contributed by atoms with Gasteiger partial charge in [-0.1, -0.05) is 13.8 Å². The van der Waals surface area contributed by atoms with Crippen LogP contribution in [-0.2, 0) is 4.79 Å². The van der Waals surface area contributed by atoms with Crippen LogP contribution in [0.4, 0.5) is 5.69 Å². The quantitative estimate of drug-likeness (QED) is 0.849. The van der Waals surface area contributed by atoms with Crippen molar-refractivity contribution in [2.75, 3.05) is 12.4 Å². The first-order valence-electron chi connectivity index (χ1n) is 7.22. The van der Waals surface area contributed by atoms with Crippen molar-refractivity contribution in [3.05, 3.63) is 36.1 Å². The molecule has 0 atom stereocenters. The Balaban J connectivity index is 2.37. The number of aromatic carboxylic acids is 1. The van der Waals surface area contributed by atoms with Crippen LogP contribution in [0.3, 0.4) is 0 Å². The highest BCUT2D eigenvalue weighted by Gasteiger charge is 2.16. The molecule has 6 heteroatoms. The molecule has 0 bridgehead atoms. The predicted molar refractivity (Wildman–Crippen MR) is 85.7 cm³/mol. The Bertz CT molecular complexity index is 718. The van der Waals surface area contributed by atoms with Gasteiger partial charge in [-0.25, -0.2) is 4.79 Å². The van der Waals surface area contributed by atoms with E-state index in [4.69, 9.17) is 14.3 Å². The van der Waals surface area contributed by atoms with Crippen LogP contribution in [0.25, 0.3) is 11.3 Å². The van der Waals surface area contributed by atoms with Gasteiger partial charge >= 0.3 is 5.97 Å². The smallest absolute Gasteiger partial charge is 0.371 e. The molecule has 23 heavy (non-hydrogen) atoms. The zero-order chi connectivity index (χ0) is 17.0. The molecule has 0 aliphatic rings. The number of furan rings is 1. The standard InChI is InChI=1S/C17H19NO5/c1-10(2)8-16(19)18-13-9-11(22-3)4-5-12(13)14-6-7-15(23-14)17(20)21/h4-7,9-10H,8H2,1-3H3,(H,18,19)(H,20,21). The number of nitrogens with one attached hydrogen (secondary N) is 1. The van der Waals surface area contributed by atoms with E-state index in [9.17, 15) is 9.59 Å². The molecule has 0 fully saturated rings. The Kier molecular flexibility index (Phi) is 5.05. The molecule has 1 aromatic carbocycles. The van der Waals surface area contributed by atoms with Gasteiger partial charge in [-0.05, 0) is 30.2 Å². The summed E-state index contributed by atoms with van der Waals surface area (Å²) in [6, 6.07) is 8.05. The fraction of sp³-hybridized carbons (Fsp3) is 0.294. The number of benzene rings is 1. The number of hydrogen-bond donors (Lipinski definition) is 2. The number of carbonyl (C=O) groups excluding carboxylic acids is 1. The van der Waals surface area contributed by atoms with Gasteiger partial charge in [0.05, 0.1) is 12.8 Å². The summed E-state index contributed by atoms with van der Waals surface area (Å²) in [5, 5.41) is 11.8. The van der Waals surface area contributed by atoms with E-state index in [0.29, 0.717) is 29.2 Å². The Morgan fingerprint density at radius 1 is 1.26 bits per heavy atom. The minimum absolute atomic E-state index is 0.125. The number of hydrogen-bond acceptors (Lipinski definition) is 4. The maximum atomic E-state index is 12.0. The number of carbonyl (C=O) groups is 2. The van der Waals surface area contributed by atoms with E-state index in [1.807, 2.05) is 13.8 Å². The van der Waals surface area contributed by atoms with Gasteiger partial charge in [-0.2, -0.15) is 0 Å². The molecule has 0 unspecified atom stereocenters. The van der Waals surface area contributed by atoms with Crippen LogP contribution in [0.1, 0.15) is 30.8 Å². The van der Waals surface area contributed by atoms with E-state index in [0.717, 1.165) is 0 Å². The normalized spacial score (nSPS) is 10.6. The molecular weight excluding hydrogens is 298 g/mol. The zero-order valence-electron chi connectivity index (χ0n) is 13.3. The molecule has 1 aromatic heterocycles. The number of amides is 1. The average molecular weight is 317 g/mol. The largest absolute Gasteiger partial charge is 0.497 e. The molecule has 6 nitrogen and oxygen atoms in total. The highest BCUT2D eigenvalue weighted by molar-refractivity contribution is 5.95. The van der Waals surface area contributed by atoms with Crippen LogP contribution in [0.2, 0.25) is 0 Å². The number of rotatable bonds is 6. The molecule has 0 aliphatic heterocycles. The lowest BCUT2D eigenvalue weighted by atomic mass is 10.1. The second kappa shape index (κ2) is 7.00. The van der Waals surface area contributed by atoms with Crippen molar-refractivity contribution in [3.63, 3.8) is 0 Å².